The van der Waals surface area contributed by atoms with Crippen molar-refractivity contribution in [1.82, 2.24) is 0 Å². The van der Waals surface area contributed by atoms with E-state index in [1.165, 1.54) is 12.8 Å². The molecule has 0 aromatic heterocycles. The standard InChI is InChI=1S/C6H13N2.C2H4O2.ClH.Pt/c7-5-3-1-2-4-6(5)8;1-2(3)4;;/h5H,1-4,7-8H2;1H3,(H,3,4);1H;/q;;;+1/p-1/t5-;;;/m1.../s1. The van der Waals surface area contributed by atoms with Crippen LogP contribution in [-0.2, 0) is 22.3 Å². The summed E-state index contributed by atoms with van der Waals surface area (Å²) in [5.74, 6) is -0.833. The van der Waals surface area contributed by atoms with E-state index in [1.807, 2.05) is 0 Å². The fraction of sp³-hybridized carbons (Fsp3) is 0.875. The fourth-order valence-corrected chi connectivity index (χ4v) is 3.72. The number of rotatable bonds is 1. The number of hydrogen-bond acceptors (Lipinski definition) is 3. The number of aliphatic carboxylic acids is 1. The zero-order valence-electron chi connectivity index (χ0n) is 8.11. The van der Waals surface area contributed by atoms with Crippen molar-refractivity contribution in [1.29, 1.82) is 0 Å². The van der Waals surface area contributed by atoms with Gasteiger partial charge in [0.15, 0.2) is 0 Å². The van der Waals surface area contributed by atoms with Crippen LogP contribution in [0.25, 0.3) is 0 Å². The molecule has 2 atom stereocenters. The maximum atomic E-state index is 9.00. The van der Waals surface area contributed by atoms with Gasteiger partial charge in [0.05, 0.1) is 0 Å². The summed E-state index contributed by atoms with van der Waals surface area (Å²) in [6, 6.07) is 0.159. The molecule has 0 bridgehead atoms. The fourth-order valence-electron chi connectivity index (χ4n) is 1.24. The first kappa shape index (κ1) is 14.4. The number of carboxylic acid groups (broad SMARTS) is 1. The van der Waals surface area contributed by atoms with Crippen molar-refractivity contribution in [2.24, 2.45) is 11.5 Å². The van der Waals surface area contributed by atoms with Crippen molar-refractivity contribution in [3.8, 4) is 0 Å². The van der Waals surface area contributed by atoms with Gasteiger partial charge in [0.1, 0.15) is 0 Å². The Hall–Kier alpha value is 0.368. The van der Waals surface area contributed by atoms with Gasteiger partial charge in [-0.05, 0) is 0 Å². The number of halogens is 1. The van der Waals surface area contributed by atoms with Crippen LogP contribution in [-0.4, -0.2) is 21.0 Å². The molecule has 1 saturated carbocycles. The second kappa shape index (κ2) is 6.78. The molecule has 0 aromatic carbocycles. The first-order valence-corrected chi connectivity index (χ1v) is 8.33. The van der Waals surface area contributed by atoms with Gasteiger partial charge in [-0.3, -0.25) is 4.79 Å². The topological polar surface area (TPSA) is 89.3 Å². The molecule has 88 valence electrons. The van der Waals surface area contributed by atoms with Gasteiger partial charge in [0, 0.05) is 6.92 Å². The Morgan fingerprint density at radius 3 is 2.43 bits per heavy atom. The van der Waals surface area contributed by atoms with E-state index in [4.69, 9.17) is 30.8 Å². The summed E-state index contributed by atoms with van der Waals surface area (Å²) >= 11 is -0.422. The summed E-state index contributed by atoms with van der Waals surface area (Å²) in [5, 5.41) is 7.42. The third-order valence-corrected chi connectivity index (χ3v) is 6.05. The van der Waals surface area contributed by atoms with Crippen molar-refractivity contribution < 1.29 is 27.4 Å². The molecule has 1 aliphatic carbocycles. The quantitative estimate of drug-likeness (QED) is 0.606. The number of nitrogens with two attached hydrogens (primary N) is 2. The summed E-state index contributed by atoms with van der Waals surface area (Å²) in [4.78, 5) is 9.00. The first-order chi connectivity index (χ1) is 6.42. The molecule has 0 radical (unpaired) electrons. The van der Waals surface area contributed by atoms with Gasteiger partial charge in [0.25, 0.3) is 5.97 Å². The summed E-state index contributed by atoms with van der Waals surface area (Å²) in [6.45, 7) is 1.08. The predicted octanol–water partition coefficient (Wildman–Crippen LogP) is 0.870. The van der Waals surface area contributed by atoms with Crippen LogP contribution < -0.4 is 11.5 Å². The van der Waals surface area contributed by atoms with Crippen LogP contribution in [0.2, 0.25) is 0 Å². The van der Waals surface area contributed by atoms with E-state index in [9.17, 15) is 0 Å². The minimum atomic E-state index is -0.833. The zero-order chi connectivity index (χ0) is 11.2. The van der Waals surface area contributed by atoms with E-state index < -0.39 is 23.5 Å². The molecule has 0 saturated heterocycles. The van der Waals surface area contributed by atoms with Crippen molar-refractivity contribution in [3.05, 3.63) is 0 Å². The van der Waals surface area contributed by atoms with E-state index in [0.717, 1.165) is 19.8 Å². The average molecular weight is 404 g/mol. The molecule has 0 spiro atoms. The third-order valence-electron chi connectivity index (χ3n) is 2.01. The van der Waals surface area contributed by atoms with Gasteiger partial charge in [0.2, 0.25) is 0 Å². The van der Waals surface area contributed by atoms with Gasteiger partial charge in [-0.2, -0.15) is 0 Å². The molecule has 4 nitrogen and oxygen atoms in total. The van der Waals surface area contributed by atoms with Crippen LogP contribution in [0.5, 0.6) is 0 Å². The number of hydrogen-bond donors (Lipinski definition) is 3. The van der Waals surface area contributed by atoms with Crippen molar-refractivity contribution in [2.45, 2.75) is 42.6 Å². The molecular weight excluding hydrogens is 387 g/mol. The van der Waals surface area contributed by atoms with Crippen LogP contribution in [0.3, 0.4) is 0 Å². The zero-order valence-corrected chi connectivity index (χ0v) is 11.1. The molecule has 1 aliphatic rings. The molecule has 5 N–H and O–H groups in total. The van der Waals surface area contributed by atoms with Crippen molar-refractivity contribution in [3.63, 3.8) is 0 Å². The second-order valence-electron chi connectivity index (χ2n) is 3.30. The maximum absolute atomic E-state index is 9.00. The Balaban J connectivity index is 0.000000364. The Morgan fingerprint density at radius 1 is 1.64 bits per heavy atom. The molecule has 0 aliphatic heterocycles. The number of carbonyl (C=O) groups is 1. The predicted molar refractivity (Wildman–Crippen MR) is 52.5 cm³/mol. The van der Waals surface area contributed by atoms with Crippen LogP contribution in [0.4, 0.5) is 0 Å². The van der Waals surface area contributed by atoms with Gasteiger partial charge in [-0.1, -0.05) is 0 Å². The van der Waals surface area contributed by atoms with E-state index in [2.05, 4.69) is 0 Å². The van der Waals surface area contributed by atoms with E-state index >= 15 is 0 Å². The molecule has 6 heteroatoms. The van der Waals surface area contributed by atoms with Gasteiger partial charge in [-0.15, -0.1) is 0 Å². The molecule has 1 fully saturated rings. The minimum absolute atomic E-state index is 0.159. The van der Waals surface area contributed by atoms with Crippen LogP contribution in [0, 0.1) is 0 Å². The molecule has 14 heavy (non-hydrogen) atoms. The molecule has 0 unspecified atom stereocenters. The summed E-state index contributed by atoms with van der Waals surface area (Å²) in [6.07, 6.45) is 4.52. The van der Waals surface area contributed by atoms with Crippen molar-refractivity contribution >= 4 is 15.4 Å². The Kier molecular flexibility index (Phi) is 6.96. The van der Waals surface area contributed by atoms with E-state index in [0.29, 0.717) is 0 Å². The first-order valence-electron chi connectivity index (χ1n) is 4.38. The Bertz CT molecular complexity index is 190. The Morgan fingerprint density at radius 2 is 2.14 bits per heavy atom. The van der Waals surface area contributed by atoms with Crippen LogP contribution in [0.15, 0.2) is 0 Å². The van der Waals surface area contributed by atoms with Crippen molar-refractivity contribution in [2.75, 3.05) is 0 Å². The molecule has 0 heterocycles. The number of carboxylic acids is 1. The SMILES string of the molecule is CC(=O)O.N[C@@H]1CCCC[C@]1(N)[Pt][Cl]. The van der Waals surface area contributed by atoms with E-state index in [-0.39, 0.29) is 9.97 Å². The third kappa shape index (κ3) is 5.30. The molecule has 1 rings (SSSR count). The van der Waals surface area contributed by atoms with Gasteiger partial charge < -0.3 is 5.11 Å². The van der Waals surface area contributed by atoms with Gasteiger partial charge in [-0.25, -0.2) is 0 Å². The van der Waals surface area contributed by atoms with Crippen LogP contribution in [0.1, 0.15) is 32.6 Å². The van der Waals surface area contributed by atoms with E-state index in [1.54, 1.807) is 0 Å². The van der Waals surface area contributed by atoms with Crippen LogP contribution >= 0.6 is 9.42 Å². The average Bonchev–Trinajstić information content (AvgIpc) is 2.09. The second-order valence-corrected chi connectivity index (χ2v) is 6.82. The Labute approximate surface area is 96.8 Å². The molecular formula is C8H17ClN2O2Pt. The molecule has 0 amide bonds. The summed E-state index contributed by atoms with van der Waals surface area (Å²) in [7, 11) is 5.82. The molecule has 0 aromatic rings. The normalized spacial score (nSPS) is 31.9. The van der Waals surface area contributed by atoms with Gasteiger partial charge >= 0.3 is 74.1 Å². The summed E-state index contributed by atoms with van der Waals surface area (Å²) < 4.78 is -0.167. The summed E-state index contributed by atoms with van der Waals surface area (Å²) in [5.41, 5.74) is 11.8. The monoisotopic (exact) mass is 403 g/mol.